The number of benzene rings is 3. The van der Waals surface area contributed by atoms with Crippen molar-refractivity contribution in [2.75, 3.05) is 0 Å². The molecule has 2 nitrogen and oxygen atoms in total. The van der Waals surface area contributed by atoms with Crippen LogP contribution in [0.2, 0.25) is 0 Å². The van der Waals surface area contributed by atoms with Crippen molar-refractivity contribution in [3.05, 3.63) is 71.2 Å². The number of nitrogens with zero attached hydrogens (tertiary/aromatic N) is 2. The molecule has 0 radical (unpaired) electrons. The van der Waals surface area contributed by atoms with Crippen LogP contribution in [0.25, 0.3) is 49.0 Å². The zero-order valence-electron chi connectivity index (χ0n) is 16.4. The first-order chi connectivity index (χ1) is 13.5. The van der Waals surface area contributed by atoms with E-state index in [-0.39, 0.29) is 5.82 Å². The Morgan fingerprint density at radius 2 is 1.68 bits per heavy atom. The van der Waals surface area contributed by atoms with Crippen molar-refractivity contribution in [1.82, 2.24) is 4.40 Å². The molecule has 0 N–H and O–H groups in total. The zero-order chi connectivity index (χ0) is 19.3. The van der Waals surface area contributed by atoms with E-state index < -0.39 is 0 Å². The van der Waals surface area contributed by atoms with Gasteiger partial charge in [0.1, 0.15) is 12.9 Å². The van der Waals surface area contributed by atoms with Crippen LogP contribution in [0, 0.1) is 26.6 Å². The molecule has 0 aliphatic rings. The lowest BCUT2D eigenvalue weighted by molar-refractivity contribution is -0.643. The minimum atomic E-state index is -0.196. The molecule has 0 unspecified atom stereocenters. The van der Waals surface area contributed by atoms with Crippen molar-refractivity contribution in [1.29, 1.82) is 0 Å². The molecule has 0 saturated carbocycles. The molecular formula is C25H20FN2+. The predicted molar refractivity (Wildman–Crippen MR) is 114 cm³/mol. The Morgan fingerprint density at radius 1 is 0.857 bits per heavy atom. The molecule has 3 heteroatoms. The number of hydrogen-bond donors (Lipinski definition) is 0. The van der Waals surface area contributed by atoms with E-state index in [0.29, 0.717) is 0 Å². The minimum absolute atomic E-state index is 0.196. The molecule has 0 fully saturated rings. The Morgan fingerprint density at radius 3 is 2.50 bits per heavy atom. The van der Waals surface area contributed by atoms with E-state index in [9.17, 15) is 4.39 Å². The van der Waals surface area contributed by atoms with Crippen LogP contribution >= 0.6 is 0 Å². The summed E-state index contributed by atoms with van der Waals surface area (Å²) in [6.07, 6.45) is 2.04. The van der Waals surface area contributed by atoms with Crippen LogP contribution in [0.5, 0.6) is 0 Å². The summed E-state index contributed by atoms with van der Waals surface area (Å²) >= 11 is 0. The van der Waals surface area contributed by atoms with E-state index in [1.807, 2.05) is 12.3 Å². The SMILES string of the molecule is Cc1cc2c3cccc(C)c3n3c4cc(F)cc5cc[n+](C)c(c(c1C)c23)c54. The molecule has 6 rings (SSSR count). The maximum atomic E-state index is 14.6. The molecule has 0 spiro atoms. The molecule has 0 aliphatic carbocycles. The molecule has 0 bridgehead atoms. The topological polar surface area (TPSA) is 8.29 Å². The maximum absolute atomic E-state index is 14.6. The quantitative estimate of drug-likeness (QED) is 0.180. The van der Waals surface area contributed by atoms with Gasteiger partial charge in [-0.05, 0) is 61.0 Å². The summed E-state index contributed by atoms with van der Waals surface area (Å²) in [7, 11) is 2.08. The van der Waals surface area contributed by atoms with Gasteiger partial charge in [0, 0.05) is 16.8 Å². The Hall–Kier alpha value is -3.20. The second kappa shape index (κ2) is 4.99. The second-order valence-corrected chi connectivity index (χ2v) is 8.06. The van der Waals surface area contributed by atoms with Gasteiger partial charge in [0.25, 0.3) is 0 Å². The Labute approximate surface area is 161 Å². The zero-order valence-corrected chi connectivity index (χ0v) is 16.4. The Balaban J connectivity index is 2.18. The van der Waals surface area contributed by atoms with E-state index in [0.717, 1.165) is 16.3 Å². The number of aromatic nitrogens is 2. The molecule has 0 amide bonds. The van der Waals surface area contributed by atoms with Gasteiger partial charge in [-0.15, -0.1) is 0 Å². The van der Waals surface area contributed by atoms with Crippen molar-refractivity contribution < 1.29 is 8.96 Å². The van der Waals surface area contributed by atoms with Gasteiger partial charge in [0.05, 0.1) is 27.3 Å². The van der Waals surface area contributed by atoms with E-state index in [4.69, 9.17) is 0 Å². The highest BCUT2D eigenvalue weighted by atomic mass is 19.1. The number of pyridine rings is 2. The molecule has 0 aliphatic heterocycles. The first-order valence-electron chi connectivity index (χ1n) is 9.64. The fourth-order valence-corrected chi connectivity index (χ4v) is 5.08. The highest BCUT2D eigenvalue weighted by Crippen LogP contribution is 2.42. The number of aryl methyl sites for hydroxylation is 4. The molecular weight excluding hydrogens is 347 g/mol. The molecule has 0 atom stereocenters. The summed E-state index contributed by atoms with van der Waals surface area (Å²) in [6.45, 7) is 6.53. The average Bonchev–Trinajstić information content (AvgIpc) is 2.99. The molecule has 3 heterocycles. The van der Waals surface area contributed by atoms with Gasteiger partial charge in [-0.2, -0.15) is 0 Å². The summed E-state index contributed by atoms with van der Waals surface area (Å²) in [5.74, 6) is -0.196. The smallest absolute Gasteiger partial charge is 0.224 e. The fraction of sp³-hybridized carbons (Fsp3) is 0.160. The van der Waals surface area contributed by atoms with Gasteiger partial charge >= 0.3 is 0 Å². The van der Waals surface area contributed by atoms with E-state index in [1.165, 1.54) is 49.4 Å². The van der Waals surface area contributed by atoms with E-state index >= 15 is 0 Å². The third-order valence-corrected chi connectivity index (χ3v) is 6.45. The van der Waals surface area contributed by atoms with Crippen LogP contribution in [-0.2, 0) is 7.05 Å². The van der Waals surface area contributed by atoms with E-state index in [2.05, 4.69) is 61.1 Å². The van der Waals surface area contributed by atoms with Crippen LogP contribution in [0.15, 0.2) is 48.7 Å². The maximum Gasteiger partial charge on any atom is 0.224 e. The fourth-order valence-electron chi connectivity index (χ4n) is 5.08. The van der Waals surface area contributed by atoms with Crippen molar-refractivity contribution >= 4 is 49.0 Å². The number of halogens is 1. The monoisotopic (exact) mass is 367 g/mol. The third-order valence-electron chi connectivity index (χ3n) is 6.45. The molecule has 0 saturated heterocycles. The van der Waals surface area contributed by atoms with Crippen LogP contribution in [-0.4, -0.2) is 4.40 Å². The summed E-state index contributed by atoms with van der Waals surface area (Å²) < 4.78 is 19.1. The minimum Gasteiger partial charge on any atom is -0.307 e. The summed E-state index contributed by atoms with van der Waals surface area (Å²) in [5, 5.41) is 5.79. The van der Waals surface area contributed by atoms with Crippen molar-refractivity contribution in [2.24, 2.45) is 7.05 Å². The van der Waals surface area contributed by atoms with Crippen LogP contribution < -0.4 is 4.57 Å². The Bertz CT molecular complexity index is 1600. The van der Waals surface area contributed by atoms with Crippen LogP contribution in [0.1, 0.15) is 16.7 Å². The largest absolute Gasteiger partial charge is 0.307 e. The van der Waals surface area contributed by atoms with Crippen LogP contribution in [0.4, 0.5) is 4.39 Å². The first kappa shape index (κ1) is 15.8. The Kier molecular flexibility index (Phi) is 2.82. The van der Waals surface area contributed by atoms with Gasteiger partial charge < -0.3 is 4.40 Å². The van der Waals surface area contributed by atoms with Gasteiger partial charge in [-0.3, -0.25) is 0 Å². The van der Waals surface area contributed by atoms with Gasteiger partial charge in [-0.25, -0.2) is 8.96 Å². The lowest BCUT2D eigenvalue weighted by Crippen LogP contribution is -2.29. The van der Waals surface area contributed by atoms with E-state index in [1.54, 1.807) is 12.1 Å². The second-order valence-electron chi connectivity index (χ2n) is 8.06. The van der Waals surface area contributed by atoms with Crippen molar-refractivity contribution in [2.45, 2.75) is 20.8 Å². The molecule has 136 valence electrons. The molecule has 3 aromatic carbocycles. The van der Waals surface area contributed by atoms with Gasteiger partial charge in [-0.1, -0.05) is 18.2 Å². The lowest BCUT2D eigenvalue weighted by Gasteiger charge is -2.14. The molecule has 6 aromatic rings. The normalized spacial score (nSPS) is 12.5. The van der Waals surface area contributed by atoms with Crippen molar-refractivity contribution in [3.63, 3.8) is 0 Å². The molecule has 3 aromatic heterocycles. The van der Waals surface area contributed by atoms with Gasteiger partial charge in [0.2, 0.25) is 5.52 Å². The van der Waals surface area contributed by atoms with Crippen molar-refractivity contribution in [3.8, 4) is 0 Å². The lowest BCUT2D eigenvalue weighted by atomic mass is 9.96. The first-order valence-corrected chi connectivity index (χ1v) is 9.64. The number of rotatable bonds is 0. The number of fused-ring (bicyclic) bond motifs is 5. The number of para-hydroxylation sites is 1. The summed E-state index contributed by atoms with van der Waals surface area (Å²) in [6, 6.07) is 14.1. The standard InChI is InChI=1S/C25H20FN2/c1-13-6-5-7-18-19-10-14(2)15(3)21-24(19)28(23(13)18)20-12-17(26)11-16-8-9-27(4)25(21)22(16)20/h5-12H,1-4H3/q+1. The summed E-state index contributed by atoms with van der Waals surface area (Å²) in [5.41, 5.74) is 8.24. The average molecular weight is 367 g/mol. The van der Waals surface area contributed by atoms with Crippen LogP contribution in [0.3, 0.4) is 0 Å². The number of hydrogen-bond acceptors (Lipinski definition) is 0. The summed E-state index contributed by atoms with van der Waals surface area (Å²) in [4.78, 5) is 0. The highest BCUT2D eigenvalue weighted by Gasteiger charge is 2.25. The highest BCUT2D eigenvalue weighted by molar-refractivity contribution is 6.26. The van der Waals surface area contributed by atoms with Gasteiger partial charge in [0.15, 0.2) is 6.20 Å². The predicted octanol–water partition coefficient (Wildman–Crippen LogP) is 5.88. The molecule has 28 heavy (non-hydrogen) atoms. The third kappa shape index (κ3) is 1.70.